The smallest absolute Gasteiger partial charge is 0.00134 e. The molecule has 11 rings (SSSR count). The predicted molar refractivity (Wildman–Crippen MR) is 216 cm³/mol. The maximum absolute atomic E-state index is 2.44. The second-order valence-corrected chi connectivity index (χ2v) is 13.5. The Labute approximate surface area is 289 Å². The van der Waals surface area contributed by atoms with Crippen LogP contribution in [0.25, 0.3) is 109 Å². The van der Waals surface area contributed by atoms with E-state index in [2.05, 4.69) is 182 Å². The van der Waals surface area contributed by atoms with Crippen LogP contribution in [0, 0.1) is 0 Å². The molecule has 0 unspecified atom stereocenters. The van der Waals surface area contributed by atoms with Gasteiger partial charge < -0.3 is 0 Å². The lowest BCUT2D eigenvalue weighted by atomic mass is 9.80. The molecule has 0 heteroatoms. The summed E-state index contributed by atoms with van der Waals surface area (Å²) >= 11 is 0. The van der Waals surface area contributed by atoms with Crippen LogP contribution in [-0.2, 0) is 0 Å². The summed E-state index contributed by atoms with van der Waals surface area (Å²) in [5.74, 6) is 0. The fraction of sp³-hybridized carbons (Fsp3) is 0. The minimum atomic E-state index is 1.23. The Hall–Kier alpha value is -6.50. The summed E-state index contributed by atoms with van der Waals surface area (Å²) < 4.78 is 0. The van der Waals surface area contributed by atoms with Crippen molar-refractivity contribution in [3.05, 3.63) is 182 Å². The van der Waals surface area contributed by atoms with Gasteiger partial charge in [-0.15, -0.1) is 0 Å². The van der Waals surface area contributed by atoms with E-state index in [1.165, 1.54) is 109 Å². The first-order valence-electron chi connectivity index (χ1n) is 17.4. The van der Waals surface area contributed by atoms with Crippen LogP contribution in [0.2, 0.25) is 0 Å². The summed E-state index contributed by atoms with van der Waals surface area (Å²) in [6.45, 7) is 0. The maximum Gasteiger partial charge on any atom is -0.00134 e. The molecule has 0 saturated heterocycles. The molecule has 0 aliphatic heterocycles. The number of benzene rings is 11. The van der Waals surface area contributed by atoms with Gasteiger partial charge in [0, 0.05) is 0 Å². The topological polar surface area (TPSA) is 0 Å². The van der Waals surface area contributed by atoms with Crippen LogP contribution in [0.1, 0.15) is 0 Å². The number of rotatable bonds is 3. The molecule has 0 aliphatic carbocycles. The van der Waals surface area contributed by atoms with Gasteiger partial charge in [-0.2, -0.15) is 0 Å². The van der Waals surface area contributed by atoms with Gasteiger partial charge in [-0.3, -0.25) is 0 Å². The van der Waals surface area contributed by atoms with Crippen molar-refractivity contribution in [2.24, 2.45) is 0 Å². The Kier molecular flexibility index (Phi) is 5.76. The van der Waals surface area contributed by atoms with Crippen LogP contribution < -0.4 is 0 Å². The Balaban J connectivity index is 1.37. The summed E-state index contributed by atoms with van der Waals surface area (Å²) in [7, 11) is 0. The van der Waals surface area contributed by atoms with Gasteiger partial charge in [0.25, 0.3) is 0 Å². The van der Waals surface area contributed by atoms with Crippen molar-refractivity contribution in [1.82, 2.24) is 0 Å². The third-order valence-electron chi connectivity index (χ3n) is 11.0. The molecule has 0 atom stereocenters. The molecule has 0 heterocycles. The van der Waals surface area contributed by atoms with Crippen molar-refractivity contribution >= 4 is 75.4 Å². The number of fused-ring (bicyclic) bond motifs is 7. The van der Waals surface area contributed by atoms with Crippen LogP contribution in [-0.4, -0.2) is 0 Å². The van der Waals surface area contributed by atoms with Crippen molar-refractivity contribution in [2.75, 3.05) is 0 Å². The highest BCUT2D eigenvalue weighted by atomic mass is 14.3. The molecule has 0 N–H and O–H groups in total. The minimum Gasteiger partial charge on any atom is -0.0622 e. The van der Waals surface area contributed by atoms with Gasteiger partial charge in [-0.25, -0.2) is 0 Å². The van der Waals surface area contributed by atoms with Gasteiger partial charge in [-0.05, 0) is 115 Å². The van der Waals surface area contributed by atoms with E-state index >= 15 is 0 Å². The highest BCUT2D eigenvalue weighted by Crippen LogP contribution is 2.51. The zero-order valence-electron chi connectivity index (χ0n) is 27.3. The molecule has 11 aromatic carbocycles. The summed E-state index contributed by atoms with van der Waals surface area (Å²) in [4.78, 5) is 0. The van der Waals surface area contributed by atoms with Crippen molar-refractivity contribution in [2.45, 2.75) is 0 Å². The third-order valence-corrected chi connectivity index (χ3v) is 11.0. The average Bonchev–Trinajstić information content (AvgIpc) is 3.19. The van der Waals surface area contributed by atoms with E-state index in [4.69, 9.17) is 0 Å². The van der Waals surface area contributed by atoms with E-state index in [9.17, 15) is 0 Å². The average molecular weight is 631 g/mol. The van der Waals surface area contributed by atoms with E-state index < -0.39 is 0 Å². The highest BCUT2D eigenvalue weighted by molar-refractivity contribution is 6.44. The largest absolute Gasteiger partial charge is 0.0622 e. The standard InChI is InChI=1S/C50H30/c1-2-14-31(15-3-1)34-19-8-9-22-37(34)38-28-29-44-48-41-24-11-10-23-40(41)46(39-25-12-18-32-16-4-6-20-35(32)39)42-26-13-27-43(49(42)48)47-36-21-7-5-17-33(36)30-45(38)50(44)47/h1-30H. The van der Waals surface area contributed by atoms with Crippen LogP contribution >= 0.6 is 0 Å². The summed E-state index contributed by atoms with van der Waals surface area (Å²) in [5, 5.41) is 18.3. The maximum atomic E-state index is 2.44. The second-order valence-electron chi connectivity index (χ2n) is 13.5. The molecule has 0 amide bonds. The Bertz CT molecular complexity index is 3120. The Morgan fingerprint density at radius 1 is 0.220 bits per heavy atom. The quantitative estimate of drug-likeness (QED) is 0.135. The van der Waals surface area contributed by atoms with Crippen LogP contribution in [0.15, 0.2) is 182 Å². The van der Waals surface area contributed by atoms with Crippen molar-refractivity contribution in [3.63, 3.8) is 0 Å². The fourth-order valence-corrected chi connectivity index (χ4v) is 8.94. The number of hydrogen-bond acceptors (Lipinski definition) is 0. The Morgan fingerprint density at radius 2 is 0.740 bits per heavy atom. The molecule has 0 aromatic heterocycles. The summed E-state index contributed by atoms with van der Waals surface area (Å²) in [6.07, 6.45) is 0. The van der Waals surface area contributed by atoms with Crippen LogP contribution in [0.4, 0.5) is 0 Å². The third kappa shape index (κ3) is 3.76. The first kappa shape index (κ1) is 27.5. The lowest BCUT2D eigenvalue weighted by Crippen LogP contribution is -1.94. The van der Waals surface area contributed by atoms with Crippen molar-refractivity contribution in [3.8, 4) is 33.4 Å². The SMILES string of the molecule is c1ccc(-c2ccccc2-c2ccc3c4c2cc2ccccc2c4c2cccc4c(-c5cccc6ccccc56)c5ccccc5c3c42)cc1. The highest BCUT2D eigenvalue weighted by Gasteiger charge is 2.23. The van der Waals surface area contributed by atoms with Crippen LogP contribution in [0.3, 0.4) is 0 Å². The molecule has 230 valence electrons. The van der Waals surface area contributed by atoms with Gasteiger partial charge in [0.15, 0.2) is 0 Å². The fourth-order valence-electron chi connectivity index (χ4n) is 8.94. The van der Waals surface area contributed by atoms with Gasteiger partial charge in [0.1, 0.15) is 0 Å². The molecule has 0 fully saturated rings. The normalized spacial score (nSPS) is 12.0. The molecule has 0 aliphatic rings. The molecular weight excluding hydrogens is 601 g/mol. The molecule has 11 aromatic rings. The second kappa shape index (κ2) is 10.5. The molecule has 0 saturated carbocycles. The first-order valence-corrected chi connectivity index (χ1v) is 17.4. The van der Waals surface area contributed by atoms with E-state index in [0.29, 0.717) is 0 Å². The zero-order chi connectivity index (χ0) is 32.8. The molecular formula is C50H30. The summed E-state index contributed by atoms with van der Waals surface area (Å²) in [6, 6.07) is 67.5. The molecule has 0 nitrogen and oxygen atoms in total. The van der Waals surface area contributed by atoms with Gasteiger partial charge >= 0.3 is 0 Å². The lowest BCUT2D eigenvalue weighted by molar-refractivity contribution is 1.60. The van der Waals surface area contributed by atoms with Gasteiger partial charge in [0.2, 0.25) is 0 Å². The Morgan fingerprint density at radius 3 is 1.60 bits per heavy atom. The van der Waals surface area contributed by atoms with E-state index in [-0.39, 0.29) is 0 Å². The van der Waals surface area contributed by atoms with Gasteiger partial charge in [0.05, 0.1) is 0 Å². The molecule has 0 bridgehead atoms. The van der Waals surface area contributed by atoms with Crippen LogP contribution in [0.5, 0.6) is 0 Å². The predicted octanol–water partition coefficient (Wildman–Crippen LogP) is 14.2. The number of hydrogen-bond donors (Lipinski definition) is 0. The molecule has 0 spiro atoms. The van der Waals surface area contributed by atoms with E-state index in [1.807, 2.05) is 0 Å². The van der Waals surface area contributed by atoms with Gasteiger partial charge in [-0.1, -0.05) is 176 Å². The molecule has 0 radical (unpaired) electrons. The monoisotopic (exact) mass is 630 g/mol. The van der Waals surface area contributed by atoms with E-state index in [1.54, 1.807) is 0 Å². The van der Waals surface area contributed by atoms with E-state index in [0.717, 1.165) is 0 Å². The van der Waals surface area contributed by atoms with Crippen molar-refractivity contribution in [1.29, 1.82) is 0 Å². The zero-order valence-corrected chi connectivity index (χ0v) is 27.3. The molecule has 50 heavy (non-hydrogen) atoms. The minimum absolute atomic E-state index is 1.23. The first-order chi connectivity index (χ1) is 24.8. The van der Waals surface area contributed by atoms with Crippen molar-refractivity contribution < 1.29 is 0 Å². The summed E-state index contributed by atoms with van der Waals surface area (Å²) in [5.41, 5.74) is 7.60. The lowest BCUT2D eigenvalue weighted by Gasteiger charge is -2.23.